The second-order valence-electron chi connectivity index (χ2n) is 7.58. The van der Waals surface area contributed by atoms with Gasteiger partial charge in [0.05, 0.1) is 11.0 Å². The van der Waals surface area contributed by atoms with Crippen LogP contribution < -0.4 is 10.6 Å². The zero-order valence-electron chi connectivity index (χ0n) is 15.1. The van der Waals surface area contributed by atoms with Crippen LogP contribution in [0.1, 0.15) is 40.0 Å². The van der Waals surface area contributed by atoms with Crippen molar-refractivity contribution in [1.29, 1.82) is 0 Å². The van der Waals surface area contributed by atoms with Crippen molar-refractivity contribution in [2.24, 2.45) is 5.92 Å². The summed E-state index contributed by atoms with van der Waals surface area (Å²) in [7, 11) is 0. The van der Waals surface area contributed by atoms with Crippen LogP contribution in [0.5, 0.6) is 0 Å². The van der Waals surface area contributed by atoms with Gasteiger partial charge in [-0.05, 0) is 57.7 Å². The minimum atomic E-state index is -0.469. The normalized spacial score (nSPS) is 20.4. The molecule has 0 bridgehead atoms. The highest BCUT2D eigenvalue weighted by Crippen LogP contribution is 2.29. The van der Waals surface area contributed by atoms with Crippen LogP contribution in [0, 0.1) is 5.92 Å². The molecule has 134 valence electrons. The minimum absolute atomic E-state index is 0.337. The standard InChI is InChI=1S/C19H26N4O2/c1-19(2,3)25-18(24)22-12-13-5-4-6-15(13)23-14-7-8-16-17(11-14)21-10-9-20-16/h7-11,13,15,23H,4-6,12H2,1-3H3,(H,22,24). The topological polar surface area (TPSA) is 76.1 Å². The fourth-order valence-electron chi connectivity index (χ4n) is 3.27. The fourth-order valence-corrected chi connectivity index (χ4v) is 3.27. The Bertz CT molecular complexity index is 742. The molecular weight excluding hydrogens is 316 g/mol. The van der Waals surface area contributed by atoms with Gasteiger partial charge in [0, 0.05) is 30.7 Å². The number of anilines is 1. The lowest BCUT2D eigenvalue weighted by molar-refractivity contribution is 0.0519. The van der Waals surface area contributed by atoms with Crippen LogP contribution in [0.25, 0.3) is 11.0 Å². The number of aromatic nitrogens is 2. The average molecular weight is 342 g/mol. The van der Waals surface area contributed by atoms with Gasteiger partial charge in [-0.2, -0.15) is 0 Å². The van der Waals surface area contributed by atoms with Crippen LogP contribution in [0.2, 0.25) is 0 Å². The molecule has 3 rings (SSSR count). The minimum Gasteiger partial charge on any atom is -0.444 e. The first-order valence-corrected chi connectivity index (χ1v) is 8.85. The summed E-state index contributed by atoms with van der Waals surface area (Å²) in [5.74, 6) is 0.394. The molecule has 0 radical (unpaired) electrons. The summed E-state index contributed by atoms with van der Waals surface area (Å²) in [4.78, 5) is 20.5. The number of benzene rings is 1. The van der Waals surface area contributed by atoms with Gasteiger partial charge in [0.25, 0.3) is 0 Å². The number of carbonyl (C=O) groups excluding carboxylic acids is 1. The van der Waals surface area contributed by atoms with E-state index in [-0.39, 0.29) is 6.09 Å². The molecular formula is C19H26N4O2. The number of rotatable bonds is 4. The summed E-state index contributed by atoms with van der Waals surface area (Å²) in [5, 5.41) is 6.50. The molecule has 2 atom stereocenters. The van der Waals surface area contributed by atoms with Crippen molar-refractivity contribution in [3.8, 4) is 0 Å². The SMILES string of the molecule is CC(C)(C)OC(=O)NCC1CCCC1Nc1ccc2nccnc2c1. The lowest BCUT2D eigenvalue weighted by atomic mass is 10.0. The van der Waals surface area contributed by atoms with Gasteiger partial charge in [-0.1, -0.05) is 6.42 Å². The number of fused-ring (bicyclic) bond motifs is 1. The highest BCUT2D eigenvalue weighted by molar-refractivity contribution is 5.78. The largest absolute Gasteiger partial charge is 0.444 e. The van der Waals surface area contributed by atoms with Gasteiger partial charge in [0.1, 0.15) is 5.60 Å². The Kier molecular flexibility index (Phi) is 5.06. The lowest BCUT2D eigenvalue weighted by Crippen LogP contribution is -2.38. The van der Waals surface area contributed by atoms with E-state index in [9.17, 15) is 4.79 Å². The maximum Gasteiger partial charge on any atom is 0.407 e. The molecule has 1 fully saturated rings. The van der Waals surface area contributed by atoms with E-state index in [1.807, 2.05) is 39.0 Å². The van der Waals surface area contributed by atoms with Gasteiger partial charge in [-0.3, -0.25) is 9.97 Å². The van der Waals surface area contributed by atoms with Crippen molar-refractivity contribution in [3.63, 3.8) is 0 Å². The van der Waals surface area contributed by atoms with E-state index in [0.29, 0.717) is 18.5 Å². The maximum absolute atomic E-state index is 11.9. The molecule has 1 saturated carbocycles. The van der Waals surface area contributed by atoms with Gasteiger partial charge >= 0.3 is 6.09 Å². The summed E-state index contributed by atoms with van der Waals surface area (Å²) < 4.78 is 5.31. The molecule has 25 heavy (non-hydrogen) atoms. The van der Waals surface area contributed by atoms with Crippen LogP contribution in [0.3, 0.4) is 0 Å². The second kappa shape index (κ2) is 7.25. The van der Waals surface area contributed by atoms with E-state index in [0.717, 1.165) is 36.0 Å². The van der Waals surface area contributed by atoms with Crippen molar-refractivity contribution < 1.29 is 9.53 Å². The van der Waals surface area contributed by atoms with Crippen molar-refractivity contribution in [2.45, 2.75) is 51.7 Å². The van der Waals surface area contributed by atoms with Crippen LogP contribution >= 0.6 is 0 Å². The summed E-state index contributed by atoms with van der Waals surface area (Å²) in [5.41, 5.74) is 2.35. The van der Waals surface area contributed by atoms with E-state index in [1.54, 1.807) is 12.4 Å². The second-order valence-corrected chi connectivity index (χ2v) is 7.58. The first kappa shape index (κ1) is 17.5. The monoisotopic (exact) mass is 342 g/mol. The highest BCUT2D eigenvalue weighted by Gasteiger charge is 2.28. The van der Waals surface area contributed by atoms with Crippen molar-refractivity contribution in [3.05, 3.63) is 30.6 Å². The van der Waals surface area contributed by atoms with Gasteiger partial charge in [0.15, 0.2) is 0 Å². The third kappa shape index (κ3) is 4.81. The van der Waals surface area contributed by atoms with E-state index in [4.69, 9.17) is 4.74 Å². The Labute approximate surface area is 148 Å². The number of nitrogens with one attached hydrogen (secondary N) is 2. The third-order valence-corrected chi connectivity index (χ3v) is 4.39. The van der Waals surface area contributed by atoms with Crippen LogP contribution in [0.4, 0.5) is 10.5 Å². The molecule has 0 aliphatic heterocycles. The maximum atomic E-state index is 11.9. The molecule has 1 aromatic carbocycles. The summed E-state index contributed by atoms with van der Waals surface area (Å²) in [6, 6.07) is 6.38. The molecule has 0 spiro atoms. The summed E-state index contributed by atoms with van der Waals surface area (Å²) in [6.45, 7) is 6.24. The average Bonchev–Trinajstić information content (AvgIpc) is 2.98. The Morgan fingerprint density at radius 2 is 1.96 bits per heavy atom. The third-order valence-electron chi connectivity index (χ3n) is 4.39. The number of hydrogen-bond donors (Lipinski definition) is 2. The quantitative estimate of drug-likeness (QED) is 0.885. The summed E-state index contributed by atoms with van der Waals surface area (Å²) >= 11 is 0. The Morgan fingerprint density at radius 3 is 2.72 bits per heavy atom. The number of carbonyl (C=O) groups is 1. The predicted octanol–water partition coefficient (Wildman–Crippen LogP) is 3.74. The van der Waals surface area contributed by atoms with Crippen molar-refractivity contribution in [1.82, 2.24) is 15.3 Å². The molecule has 0 saturated heterocycles. The number of alkyl carbamates (subject to hydrolysis) is 1. The Hall–Kier alpha value is -2.37. The van der Waals surface area contributed by atoms with Crippen molar-refractivity contribution >= 4 is 22.8 Å². The molecule has 6 heteroatoms. The van der Waals surface area contributed by atoms with Gasteiger partial charge in [-0.25, -0.2) is 4.79 Å². The van der Waals surface area contributed by atoms with Gasteiger partial charge < -0.3 is 15.4 Å². The Balaban J connectivity index is 1.58. The number of hydrogen-bond acceptors (Lipinski definition) is 5. The molecule has 1 aromatic heterocycles. The van der Waals surface area contributed by atoms with Crippen LogP contribution in [-0.4, -0.2) is 34.2 Å². The molecule has 1 heterocycles. The van der Waals surface area contributed by atoms with E-state index in [2.05, 4.69) is 20.6 Å². The zero-order chi connectivity index (χ0) is 17.9. The number of amides is 1. The lowest BCUT2D eigenvalue weighted by Gasteiger charge is -2.24. The molecule has 1 aliphatic rings. The van der Waals surface area contributed by atoms with E-state index >= 15 is 0 Å². The summed E-state index contributed by atoms with van der Waals surface area (Å²) in [6.07, 6.45) is 6.41. The molecule has 2 unspecified atom stereocenters. The highest BCUT2D eigenvalue weighted by atomic mass is 16.6. The van der Waals surface area contributed by atoms with E-state index in [1.165, 1.54) is 0 Å². The molecule has 1 amide bonds. The van der Waals surface area contributed by atoms with Crippen LogP contribution in [0.15, 0.2) is 30.6 Å². The molecule has 2 aromatic rings. The Morgan fingerprint density at radius 1 is 1.20 bits per heavy atom. The van der Waals surface area contributed by atoms with Gasteiger partial charge in [0.2, 0.25) is 0 Å². The number of ether oxygens (including phenoxy) is 1. The first-order chi connectivity index (χ1) is 11.9. The first-order valence-electron chi connectivity index (χ1n) is 8.85. The van der Waals surface area contributed by atoms with Crippen molar-refractivity contribution in [2.75, 3.05) is 11.9 Å². The predicted molar refractivity (Wildman–Crippen MR) is 98.5 cm³/mol. The fraction of sp³-hybridized carbons (Fsp3) is 0.526. The number of nitrogens with zero attached hydrogens (tertiary/aromatic N) is 2. The smallest absolute Gasteiger partial charge is 0.407 e. The van der Waals surface area contributed by atoms with E-state index < -0.39 is 5.60 Å². The van der Waals surface area contributed by atoms with Crippen LogP contribution in [-0.2, 0) is 4.74 Å². The van der Waals surface area contributed by atoms with Gasteiger partial charge in [-0.15, -0.1) is 0 Å². The molecule has 1 aliphatic carbocycles. The molecule has 6 nitrogen and oxygen atoms in total. The zero-order valence-corrected chi connectivity index (χ0v) is 15.1. The molecule has 2 N–H and O–H groups in total.